The highest BCUT2D eigenvalue weighted by Crippen LogP contribution is 2.26. The second kappa shape index (κ2) is 10.3. The van der Waals surface area contributed by atoms with Crippen molar-refractivity contribution in [2.75, 3.05) is 20.2 Å². The molecule has 5 heteroatoms. The van der Waals surface area contributed by atoms with Gasteiger partial charge in [-0.15, -0.1) is 0 Å². The summed E-state index contributed by atoms with van der Waals surface area (Å²) in [5.41, 5.74) is 4.59. The molecular weight excluding hydrogens is 362 g/mol. The summed E-state index contributed by atoms with van der Waals surface area (Å²) in [5.74, 6) is 0.787. The number of aryl methyl sites for hydroxylation is 1. The van der Waals surface area contributed by atoms with E-state index in [0.717, 1.165) is 36.5 Å². The van der Waals surface area contributed by atoms with Gasteiger partial charge in [-0.3, -0.25) is 4.90 Å². The highest BCUT2D eigenvalue weighted by molar-refractivity contribution is 5.74. The minimum Gasteiger partial charge on any atom is -0.496 e. The van der Waals surface area contributed by atoms with Crippen molar-refractivity contribution < 1.29 is 9.53 Å². The number of nitrogens with zero attached hydrogens (tertiary/aromatic N) is 1. The van der Waals surface area contributed by atoms with Gasteiger partial charge < -0.3 is 15.4 Å². The number of urea groups is 1. The van der Waals surface area contributed by atoms with E-state index in [9.17, 15) is 4.79 Å². The molecule has 1 aliphatic rings. The van der Waals surface area contributed by atoms with Crippen molar-refractivity contribution in [3.63, 3.8) is 0 Å². The topological polar surface area (TPSA) is 53.6 Å². The van der Waals surface area contributed by atoms with Gasteiger partial charge in [-0.1, -0.05) is 48.4 Å². The number of benzene rings is 2. The first-order valence-electron chi connectivity index (χ1n) is 10.5. The van der Waals surface area contributed by atoms with Crippen LogP contribution in [0, 0.1) is 6.92 Å². The Balaban J connectivity index is 1.57. The van der Waals surface area contributed by atoms with Gasteiger partial charge in [0.2, 0.25) is 0 Å². The Hall–Kier alpha value is -2.53. The van der Waals surface area contributed by atoms with Crippen LogP contribution in [-0.2, 0) is 13.1 Å². The Morgan fingerprint density at radius 2 is 1.83 bits per heavy atom. The summed E-state index contributed by atoms with van der Waals surface area (Å²) in [4.78, 5) is 15.0. The van der Waals surface area contributed by atoms with Gasteiger partial charge in [0.25, 0.3) is 0 Å². The fraction of sp³-hybridized carbons (Fsp3) is 0.458. The Kier molecular flexibility index (Phi) is 7.53. The van der Waals surface area contributed by atoms with Crippen LogP contribution in [0.2, 0.25) is 0 Å². The molecule has 0 aromatic heterocycles. The zero-order valence-electron chi connectivity index (χ0n) is 17.8. The van der Waals surface area contributed by atoms with Crippen molar-refractivity contribution in [3.8, 4) is 5.75 Å². The number of carbonyl (C=O) groups is 1. The highest BCUT2D eigenvalue weighted by Gasteiger charge is 2.15. The third-order valence-corrected chi connectivity index (χ3v) is 5.60. The molecule has 1 atom stereocenters. The lowest BCUT2D eigenvalue weighted by molar-refractivity contribution is 0.220. The molecule has 2 aromatic carbocycles. The van der Waals surface area contributed by atoms with Crippen LogP contribution in [-0.4, -0.2) is 31.1 Å². The fourth-order valence-corrected chi connectivity index (χ4v) is 3.94. The molecule has 0 aliphatic carbocycles. The van der Waals surface area contributed by atoms with Crippen LogP contribution in [0.3, 0.4) is 0 Å². The average molecular weight is 396 g/mol. The molecule has 0 radical (unpaired) electrons. The maximum Gasteiger partial charge on any atom is 0.315 e. The van der Waals surface area contributed by atoms with Gasteiger partial charge in [-0.25, -0.2) is 4.79 Å². The van der Waals surface area contributed by atoms with Crippen LogP contribution >= 0.6 is 0 Å². The molecule has 156 valence electrons. The van der Waals surface area contributed by atoms with E-state index in [-0.39, 0.29) is 12.1 Å². The number of likely N-dealkylation sites (tertiary alicyclic amines) is 1. The molecule has 29 heavy (non-hydrogen) atoms. The SMILES string of the molecule is COc1ccc(C)cc1C(C)NC(=O)NCc1ccccc1CN1CCCCC1. The minimum absolute atomic E-state index is 0.145. The lowest BCUT2D eigenvalue weighted by atomic mass is 10.0. The third kappa shape index (κ3) is 5.97. The molecule has 0 saturated carbocycles. The maximum atomic E-state index is 12.5. The second-order valence-electron chi connectivity index (χ2n) is 7.90. The Morgan fingerprint density at radius 1 is 1.10 bits per heavy atom. The average Bonchev–Trinajstić information content (AvgIpc) is 2.74. The lowest BCUT2D eigenvalue weighted by Gasteiger charge is -2.27. The van der Waals surface area contributed by atoms with Crippen LogP contribution in [0.25, 0.3) is 0 Å². The van der Waals surface area contributed by atoms with Gasteiger partial charge in [0.05, 0.1) is 13.2 Å². The molecule has 1 saturated heterocycles. The fourth-order valence-electron chi connectivity index (χ4n) is 3.94. The maximum absolute atomic E-state index is 12.5. The standard InChI is InChI=1S/C24H33N3O2/c1-18-11-12-23(29-3)22(15-18)19(2)26-24(28)25-16-20-9-5-6-10-21(20)17-27-13-7-4-8-14-27/h5-6,9-12,15,19H,4,7-8,13-14,16-17H2,1-3H3,(H2,25,26,28). The van der Waals surface area contributed by atoms with Gasteiger partial charge in [0, 0.05) is 18.7 Å². The number of hydrogen-bond acceptors (Lipinski definition) is 3. The summed E-state index contributed by atoms with van der Waals surface area (Å²) < 4.78 is 5.44. The molecule has 0 bridgehead atoms. The summed E-state index contributed by atoms with van der Waals surface area (Å²) in [7, 11) is 1.65. The molecule has 3 rings (SSSR count). The minimum atomic E-state index is -0.172. The van der Waals surface area contributed by atoms with Crippen LogP contribution in [0.15, 0.2) is 42.5 Å². The van der Waals surface area contributed by atoms with E-state index >= 15 is 0 Å². The Bertz CT molecular complexity index is 816. The highest BCUT2D eigenvalue weighted by atomic mass is 16.5. The van der Waals surface area contributed by atoms with Gasteiger partial charge in [0.15, 0.2) is 0 Å². The van der Waals surface area contributed by atoms with Crippen molar-refractivity contribution in [1.82, 2.24) is 15.5 Å². The lowest BCUT2D eigenvalue weighted by Crippen LogP contribution is -2.37. The number of rotatable bonds is 7. The summed E-state index contributed by atoms with van der Waals surface area (Å²) in [6, 6.07) is 14.1. The molecule has 0 spiro atoms. The van der Waals surface area contributed by atoms with E-state index in [1.165, 1.54) is 30.4 Å². The van der Waals surface area contributed by atoms with Crippen LogP contribution in [0.5, 0.6) is 5.75 Å². The van der Waals surface area contributed by atoms with Crippen LogP contribution in [0.4, 0.5) is 4.79 Å². The molecule has 2 aromatic rings. The van der Waals surface area contributed by atoms with Gasteiger partial charge in [0.1, 0.15) is 5.75 Å². The van der Waals surface area contributed by atoms with E-state index in [2.05, 4.69) is 39.8 Å². The molecule has 2 N–H and O–H groups in total. The number of methoxy groups -OCH3 is 1. The first-order valence-corrected chi connectivity index (χ1v) is 10.5. The summed E-state index contributed by atoms with van der Waals surface area (Å²) >= 11 is 0. The predicted octanol–water partition coefficient (Wildman–Crippen LogP) is 4.55. The second-order valence-corrected chi connectivity index (χ2v) is 7.90. The van der Waals surface area contributed by atoms with E-state index in [1.54, 1.807) is 7.11 Å². The Labute approximate surface area is 174 Å². The molecule has 1 aliphatic heterocycles. The zero-order chi connectivity index (χ0) is 20.6. The van der Waals surface area contributed by atoms with Crippen LogP contribution < -0.4 is 15.4 Å². The molecule has 5 nitrogen and oxygen atoms in total. The summed E-state index contributed by atoms with van der Waals surface area (Å²) in [6.45, 7) is 7.82. The number of nitrogens with one attached hydrogen (secondary N) is 2. The number of ether oxygens (including phenoxy) is 1. The number of carbonyl (C=O) groups excluding carboxylic acids is 1. The molecule has 1 fully saturated rings. The third-order valence-electron chi connectivity index (χ3n) is 5.60. The first kappa shape index (κ1) is 21.2. The van der Waals surface area contributed by atoms with E-state index in [1.807, 2.05) is 32.0 Å². The van der Waals surface area contributed by atoms with E-state index < -0.39 is 0 Å². The van der Waals surface area contributed by atoms with Gasteiger partial charge in [-0.2, -0.15) is 0 Å². The molecule has 2 amide bonds. The van der Waals surface area contributed by atoms with Crippen molar-refractivity contribution in [1.29, 1.82) is 0 Å². The number of hydrogen-bond donors (Lipinski definition) is 2. The van der Waals surface area contributed by atoms with E-state index in [0.29, 0.717) is 6.54 Å². The van der Waals surface area contributed by atoms with Crippen molar-refractivity contribution in [2.24, 2.45) is 0 Å². The predicted molar refractivity (Wildman–Crippen MR) is 117 cm³/mol. The van der Waals surface area contributed by atoms with Gasteiger partial charge >= 0.3 is 6.03 Å². The van der Waals surface area contributed by atoms with Crippen molar-refractivity contribution in [2.45, 2.75) is 52.2 Å². The smallest absolute Gasteiger partial charge is 0.315 e. The largest absolute Gasteiger partial charge is 0.496 e. The van der Waals surface area contributed by atoms with Crippen LogP contribution in [0.1, 0.15) is 54.5 Å². The van der Waals surface area contributed by atoms with E-state index in [4.69, 9.17) is 4.74 Å². The van der Waals surface area contributed by atoms with Gasteiger partial charge in [-0.05, 0) is 57.0 Å². The molecule has 1 unspecified atom stereocenters. The summed E-state index contributed by atoms with van der Waals surface area (Å²) in [6.07, 6.45) is 3.90. The summed E-state index contributed by atoms with van der Waals surface area (Å²) in [5, 5.41) is 6.05. The quantitative estimate of drug-likeness (QED) is 0.723. The zero-order valence-corrected chi connectivity index (χ0v) is 17.8. The van der Waals surface area contributed by atoms with Crippen molar-refractivity contribution >= 4 is 6.03 Å². The monoisotopic (exact) mass is 395 g/mol. The number of piperidine rings is 1. The Morgan fingerprint density at radius 3 is 2.55 bits per heavy atom. The van der Waals surface area contributed by atoms with Crippen molar-refractivity contribution in [3.05, 3.63) is 64.7 Å². The first-order chi connectivity index (χ1) is 14.1. The normalized spacial score (nSPS) is 15.6. The molecule has 1 heterocycles. The molecular formula is C24H33N3O2. The number of amides is 2.